The summed E-state index contributed by atoms with van der Waals surface area (Å²) in [6.45, 7) is 0.482. The Hall–Kier alpha value is -1.56. The molecule has 1 fully saturated rings. The Balaban J connectivity index is 2.00. The molecule has 0 unspecified atom stereocenters. The second kappa shape index (κ2) is 6.93. The lowest BCUT2D eigenvalue weighted by Gasteiger charge is -2.43. The summed E-state index contributed by atoms with van der Waals surface area (Å²) in [5, 5.41) is 16.0. The molecule has 1 heterocycles. The van der Waals surface area contributed by atoms with Crippen molar-refractivity contribution >= 4 is 23.3 Å². The number of nitrogens with one attached hydrogen (secondary N) is 1. The van der Waals surface area contributed by atoms with Gasteiger partial charge in [0, 0.05) is 13.6 Å². The Morgan fingerprint density at radius 1 is 1.38 bits per heavy atom. The number of hydrogen-bond acceptors (Lipinski definition) is 3. The molecule has 0 radical (unpaired) electrons. The first-order valence-corrected chi connectivity index (χ1v) is 8.22. The van der Waals surface area contributed by atoms with Crippen LogP contribution in [0.2, 0.25) is 0 Å². The van der Waals surface area contributed by atoms with Gasteiger partial charge in [0.15, 0.2) is 0 Å². The monoisotopic (exact) mass is 310 g/mol. The number of nitrogens with zero attached hydrogens (tertiary/aromatic N) is 1. The van der Waals surface area contributed by atoms with E-state index >= 15 is 0 Å². The van der Waals surface area contributed by atoms with Crippen LogP contribution in [0.1, 0.15) is 44.1 Å². The highest BCUT2D eigenvalue weighted by Gasteiger charge is 2.40. The van der Waals surface area contributed by atoms with Gasteiger partial charge in [0.2, 0.25) is 0 Å². The maximum Gasteiger partial charge on any atom is 0.317 e. The minimum absolute atomic E-state index is 0.0232. The fourth-order valence-electron chi connectivity index (χ4n) is 3.03. The van der Waals surface area contributed by atoms with Crippen LogP contribution in [0.5, 0.6) is 0 Å². The van der Waals surface area contributed by atoms with Gasteiger partial charge in [-0.05, 0) is 35.2 Å². The smallest absolute Gasteiger partial charge is 0.317 e. The number of carbonyl (C=O) groups excluding carboxylic acids is 1. The second-order valence-electron chi connectivity index (χ2n) is 5.70. The van der Waals surface area contributed by atoms with E-state index < -0.39 is 11.5 Å². The molecule has 1 saturated carbocycles. The van der Waals surface area contributed by atoms with Crippen LogP contribution in [-0.2, 0) is 11.3 Å². The number of carboxylic acid groups (broad SMARTS) is 1. The second-order valence-corrected chi connectivity index (χ2v) is 6.48. The van der Waals surface area contributed by atoms with Crippen LogP contribution < -0.4 is 5.32 Å². The first-order valence-electron chi connectivity index (χ1n) is 7.28. The van der Waals surface area contributed by atoms with Crippen LogP contribution in [0.4, 0.5) is 4.79 Å². The minimum atomic E-state index is -0.839. The summed E-state index contributed by atoms with van der Waals surface area (Å²) in [7, 11) is 1.72. The van der Waals surface area contributed by atoms with Crippen molar-refractivity contribution in [3.8, 4) is 0 Å². The van der Waals surface area contributed by atoms with Gasteiger partial charge in [-0.25, -0.2) is 4.79 Å². The molecule has 6 heteroatoms. The average molecular weight is 310 g/mol. The SMILES string of the molecule is CN(C(=O)NCc1ccsc1)C1(CC(=O)O)CCCCC1. The molecule has 0 aromatic carbocycles. The van der Waals surface area contributed by atoms with Gasteiger partial charge in [0.1, 0.15) is 0 Å². The summed E-state index contributed by atoms with van der Waals surface area (Å²) in [5.41, 5.74) is 0.528. The molecule has 0 saturated heterocycles. The molecule has 21 heavy (non-hydrogen) atoms. The summed E-state index contributed by atoms with van der Waals surface area (Å²) in [6, 6.07) is 1.78. The van der Waals surface area contributed by atoms with Crippen LogP contribution >= 0.6 is 11.3 Å². The summed E-state index contributed by atoms with van der Waals surface area (Å²) < 4.78 is 0. The number of amides is 2. The first kappa shape index (κ1) is 15.8. The van der Waals surface area contributed by atoms with Crippen LogP contribution in [0.15, 0.2) is 16.8 Å². The summed E-state index contributed by atoms with van der Waals surface area (Å²) in [5.74, 6) is -0.839. The normalized spacial score (nSPS) is 17.2. The Morgan fingerprint density at radius 2 is 2.10 bits per heavy atom. The number of carboxylic acids is 1. The van der Waals surface area contributed by atoms with Crippen molar-refractivity contribution in [2.45, 2.75) is 50.6 Å². The molecule has 2 N–H and O–H groups in total. The molecule has 0 aliphatic heterocycles. The molecule has 1 aromatic heterocycles. The fraction of sp³-hybridized carbons (Fsp3) is 0.600. The molecule has 116 valence electrons. The number of thiophene rings is 1. The zero-order chi connectivity index (χ0) is 15.3. The zero-order valence-corrected chi connectivity index (χ0v) is 13.1. The standard InChI is InChI=1S/C15H22N2O3S/c1-17(14(20)16-10-12-5-8-21-11-12)15(9-13(18)19)6-3-2-4-7-15/h5,8,11H,2-4,6-7,9-10H2,1H3,(H,16,20)(H,18,19). The third kappa shape index (κ3) is 3.97. The van der Waals surface area contributed by atoms with Crippen molar-refractivity contribution in [1.29, 1.82) is 0 Å². The van der Waals surface area contributed by atoms with Crippen LogP contribution in [0.25, 0.3) is 0 Å². The van der Waals surface area contributed by atoms with E-state index in [1.807, 2.05) is 16.8 Å². The number of rotatable bonds is 5. The maximum absolute atomic E-state index is 12.3. The molecule has 2 amide bonds. The lowest BCUT2D eigenvalue weighted by atomic mass is 9.78. The molecular formula is C15H22N2O3S. The molecule has 1 aliphatic carbocycles. The maximum atomic E-state index is 12.3. The van der Waals surface area contributed by atoms with Crippen molar-refractivity contribution in [1.82, 2.24) is 10.2 Å². The van der Waals surface area contributed by atoms with E-state index in [-0.39, 0.29) is 12.5 Å². The number of carbonyl (C=O) groups is 2. The molecule has 0 bridgehead atoms. The van der Waals surface area contributed by atoms with Crippen molar-refractivity contribution in [2.24, 2.45) is 0 Å². The van der Waals surface area contributed by atoms with E-state index in [1.165, 1.54) is 0 Å². The Labute approximate surface area is 129 Å². The predicted molar refractivity (Wildman–Crippen MR) is 82.4 cm³/mol. The zero-order valence-electron chi connectivity index (χ0n) is 12.3. The molecule has 1 aliphatic rings. The van der Waals surface area contributed by atoms with E-state index in [1.54, 1.807) is 23.3 Å². The topological polar surface area (TPSA) is 69.6 Å². The van der Waals surface area contributed by atoms with E-state index in [2.05, 4.69) is 5.32 Å². The predicted octanol–water partition coefficient (Wildman–Crippen LogP) is 3.07. The fourth-order valence-corrected chi connectivity index (χ4v) is 3.70. The van der Waals surface area contributed by atoms with E-state index in [9.17, 15) is 14.7 Å². The van der Waals surface area contributed by atoms with Gasteiger partial charge < -0.3 is 15.3 Å². The third-order valence-electron chi connectivity index (χ3n) is 4.30. The van der Waals surface area contributed by atoms with Gasteiger partial charge in [-0.2, -0.15) is 11.3 Å². The molecule has 0 atom stereocenters. The molecular weight excluding hydrogens is 288 g/mol. The van der Waals surface area contributed by atoms with Gasteiger partial charge >= 0.3 is 12.0 Å². The molecule has 1 aromatic rings. The number of urea groups is 1. The van der Waals surface area contributed by atoms with Crippen LogP contribution in [0, 0.1) is 0 Å². The Kier molecular flexibility index (Phi) is 5.22. The van der Waals surface area contributed by atoms with Crippen molar-refractivity contribution in [3.05, 3.63) is 22.4 Å². The summed E-state index contributed by atoms with van der Waals surface area (Å²) in [4.78, 5) is 25.2. The Bertz CT molecular complexity index is 481. The number of aliphatic carboxylic acids is 1. The van der Waals surface area contributed by atoms with Gasteiger partial charge in [-0.1, -0.05) is 19.3 Å². The first-order chi connectivity index (χ1) is 10.0. The average Bonchev–Trinajstić information content (AvgIpc) is 2.97. The summed E-state index contributed by atoms with van der Waals surface area (Å²) >= 11 is 1.59. The van der Waals surface area contributed by atoms with Gasteiger partial charge in [0.25, 0.3) is 0 Å². The highest BCUT2D eigenvalue weighted by atomic mass is 32.1. The van der Waals surface area contributed by atoms with Crippen molar-refractivity contribution in [2.75, 3.05) is 7.05 Å². The lowest BCUT2D eigenvalue weighted by molar-refractivity contribution is -0.140. The third-order valence-corrected chi connectivity index (χ3v) is 5.04. The minimum Gasteiger partial charge on any atom is -0.481 e. The van der Waals surface area contributed by atoms with Crippen LogP contribution in [-0.4, -0.2) is 34.6 Å². The summed E-state index contributed by atoms with van der Waals surface area (Å²) in [6.07, 6.45) is 4.63. The molecule has 0 spiro atoms. The van der Waals surface area contributed by atoms with E-state index in [0.717, 1.165) is 37.7 Å². The quantitative estimate of drug-likeness (QED) is 0.878. The highest BCUT2D eigenvalue weighted by Crippen LogP contribution is 2.35. The Morgan fingerprint density at radius 3 is 2.67 bits per heavy atom. The van der Waals surface area contributed by atoms with Gasteiger partial charge in [-0.15, -0.1) is 0 Å². The van der Waals surface area contributed by atoms with Crippen molar-refractivity contribution < 1.29 is 14.7 Å². The largest absolute Gasteiger partial charge is 0.481 e. The van der Waals surface area contributed by atoms with Crippen LogP contribution in [0.3, 0.4) is 0 Å². The number of hydrogen-bond donors (Lipinski definition) is 2. The molecule has 5 nitrogen and oxygen atoms in total. The van der Waals surface area contributed by atoms with Crippen molar-refractivity contribution in [3.63, 3.8) is 0 Å². The van der Waals surface area contributed by atoms with Gasteiger partial charge in [-0.3, -0.25) is 4.79 Å². The van der Waals surface area contributed by atoms with Gasteiger partial charge in [0.05, 0.1) is 12.0 Å². The lowest BCUT2D eigenvalue weighted by Crippen LogP contribution is -2.54. The van der Waals surface area contributed by atoms with E-state index in [4.69, 9.17) is 0 Å². The van der Waals surface area contributed by atoms with E-state index in [0.29, 0.717) is 6.54 Å². The highest BCUT2D eigenvalue weighted by molar-refractivity contribution is 7.07. The molecule has 2 rings (SSSR count).